The van der Waals surface area contributed by atoms with Gasteiger partial charge in [-0.2, -0.15) is 5.10 Å². The number of amides is 1. The minimum Gasteiger partial charge on any atom is -0.422 e. The van der Waals surface area contributed by atoms with Crippen molar-refractivity contribution in [2.24, 2.45) is 5.10 Å². The normalized spacial score (nSPS) is 11.0. The van der Waals surface area contributed by atoms with Crippen LogP contribution < -0.4 is 10.2 Å². The van der Waals surface area contributed by atoms with Crippen LogP contribution in [-0.2, 0) is 0 Å². The van der Waals surface area contributed by atoms with E-state index in [0.717, 1.165) is 15.6 Å². The molecule has 3 aromatic carbocycles. The van der Waals surface area contributed by atoms with E-state index in [0.29, 0.717) is 21.2 Å². The third kappa shape index (κ3) is 4.40. The largest absolute Gasteiger partial charge is 0.422 e. The fourth-order valence-corrected chi connectivity index (χ4v) is 4.13. The summed E-state index contributed by atoms with van der Waals surface area (Å²) in [6.45, 7) is 0. The van der Waals surface area contributed by atoms with Crippen molar-refractivity contribution in [3.05, 3.63) is 99.9 Å². The van der Waals surface area contributed by atoms with Crippen LogP contribution in [0.1, 0.15) is 25.6 Å². The minimum atomic E-state index is -0.502. The molecule has 0 bridgehead atoms. The molecule has 0 aliphatic carbocycles. The van der Waals surface area contributed by atoms with Gasteiger partial charge >= 0.3 is 5.97 Å². The number of nitrogens with zero attached hydrogens (tertiary/aromatic N) is 1. The van der Waals surface area contributed by atoms with Gasteiger partial charge in [-0.15, -0.1) is 11.3 Å². The van der Waals surface area contributed by atoms with Gasteiger partial charge in [0.1, 0.15) is 10.6 Å². The fourth-order valence-electron chi connectivity index (χ4n) is 2.74. The molecule has 0 spiro atoms. The second kappa shape index (κ2) is 8.90. The predicted molar refractivity (Wildman–Crippen MR) is 120 cm³/mol. The molecular weight excluding hydrogens is 420 g/mol. The Morgan fingerprint density at radius 1 is 0.933 bits per heavy atom. The monoisotopic (exact) mass is 434 g/mol. The van der Waals surface area contributed by atoms with Crippen LogP contribution in [-0.4, -0.2) is 18.1 Å². The molecule has 7 heteroatoms. The number of benzene rings is 3. The minimum absolute atomic E-state index is 0.294. The molecule has 0 atom stereocenters. The summed E-state index contributed by atoms with van der Waals surface area (Å²) in [5.41, 5.74) is 3.73. The van der Waals surface area contributed by atoms with E-state index in [1.807, 2.05) is 30.3 Å². The SMILES string of the molecule is O=C(NN=Cc1ccc(OC(=O)c2sc3ccccc3c2Cl)cc1)c1ccccc1. The zero-order valence-electron chi connectivity index (χ0n) is 15.5. The Bertz CT molecular complexity index is 1230. The number of fused-ring (bicyclic) bond motifs is 1. The highest BCUT2D eigenvalue weighted by molar-refractivity contribution is 7.21. The van der Waals surface area contributed by atoms with Gasteiger partial charge in [0.2, 0.25) is 0 Å². The van der Waals surface area contributed by atoms with Gasteiger partial charge in [-0.1, -0.05) is 48.0 Å². The molecule has 5 nitrogen and oxygen atoms in total. The molecule has 0 fully saturated rings. The Balaban J connectivity index is 1.39. The third-order valence-electron chi connectivity index (χ3n) is 4.23. The van der Waals surface area contributed by atoms with Gasteiger partial charge in [0, 0.05) is 15.6 Å². The number of esters is 1. The molecule has 0 radical (unpaired) electrons. The highest BCUT2D eigenvalue weighted by Gasteiger charge is 2.18. The van der Waals surface area contributed by atoms with E-state index in [9.17, 15) is 9.59 Å². The third-order valence-corrected chi connectivity index (χ3v) is 5.88. The first-order valence-corrected chi connectivity index (χ1v) is 10.2. The molecule has 0 aliphatic heterocycles. The second-order valence-electron chi connectivity index (χ2n) is 6.27. The molecule has 1 amide bonds. The molecule has 30 heavy (non-hydrogen) atoms. The number of carbonyl (C=O) groups excluding carboxylic acids is 2. The summed E-state index contributed by atoms with van der Waals surface area (Å²) in [7, 11) is 0. The van der Waals surface area contributed by atoms with Crippen LogP contribution in [0.4, 0.5) is 0 Å². The first-order valence-electron chi connectivity index (χ1n) is 8.99. The highest BCUT2D eigenvalue weighted by atomic mass is 35.5. The number of hydrogen-bond donors (Lipinski definition) is 1. The Kier molecular flexibility index (Phi) is 5.88. The smallest absolute Gasteiger partial charge is 0.355 e. The van der Waals surface area contributed by atoms with E-state index in [4.69, 9.17) is 16.3 Å². The van der Waals surface area contributed by atoms with Gasteiger partial charge in [-0.3, -0.25) is 4.79 Å². The van der Waals surface area contributed by atoms with E-state index in [-0.39, 0.29) is 5.91 Å². The van der Waals surface area contributed by atoms with Crippen LogP contribution in [0.25, 0.3) is 10.1 Å². The van der Waals surface area contributed by atoms with Gasteiger partial charge in [-0.25, -0.2) is 10.2 Å². The van der Waals surface area contributed by atoms with Crippen molar-refractivity contribution < 1.29 is 14.3 Å². The van der Waals surface area contributed by atoms with Crippen LogP contribution in [0.3, 0.4) is 0 Å². The van der Waals surface area contributed by atoms with Crippen molar-refractivity contribution in [3.63, 3.8) is 0 Å². The van der Waals surface area contributed by atoms with Crippen LogP contribution >= 0.6 is 22.9 Å². The number of hydrazone groups is 1. The van der Waals surface area contributed by atoms with Crippen LogP contribution in [0, 0.1) is 0 Å². The average Bonchev–Trinajstić information content (AvgIpc) is 3.12. The molecule has 0 saturated heterocycles. The van der Waals surface area contributed by atoms with Crippen molar-refractivity contribution in [2.45, 2.75) is 0 Å². The second-order valence-corrected chi connectivity index (χ2v) is 7.70. The quantitative estimate of drug-likeness (QED) is 0.194. The molecule has 0 saturated carbocycles. The van der Waals surface area contributed by atoms with Gasteiger partial charge in [-0.05, 0) is 48.0 Å². The standard InChI is InChI=1S/C23H15ClN2O3S/c24-20-18-8-4-5-9-19(18)30-21(20)23(28)29-17-12-10-15(11-13-17)14-25-26-22(27)16-6-2-1-3-7-16/h1-14H,(H,26,27). The van der Waals surface area contributed by atoms with Crippen molar-refractivity contribution in [2.75, 3.05) is 0 Å². The van der Waals surface area contributed by atoms with Gasteiger partial charge in [0.05, 0.1) is 11.2 Å². The Labute approximate surface area is 181 Å². The molecule has 4 rings (SSSR count). The number of rotatable bonds is 5. The Morgan fingerprint density at radius 2 is 1.63 bits per heavy atom. The van der Waals surface area contributed by atoms with E-state index < -0.39 is 5.97 Å². The summed E-state index contributed by atoms with van der Waals surface area (Å²) in [5.74, 6) is -0.408. The highest BCUT2D eigenvalue weighted by Crippen LogP contribution is 2.35. The molecule has 1 N–H and O–H groups in total. The lowest BCUT2D eigenvalue weighted by Crippen LogP contribution is -2.17. The predicted octanol–water partition coefficient (Wildman–Crippen LogP) is 5.54. The first-order chi connectivity index (χ1) is 14.6. The van der Waals surface area contributed by atoms with Crippen molar-refractivity contribution in [1.29, 1.82) is 0 Å². The molecule has 0 unspecified atom stereocenters. The summed E-state index contributed by atoms with van der Waals surface area (Å²) < 4.78 is 6.37. The Morgan fingerprint density at radius 3 is 2.37 bits per heavy atom. The maximum Gasteiger partial charge on any atom is 0.355 e. The summed E-state index contributed by atoms with van der Waals surface area (Å²) in [6, 6.07) is 23.1. The zero-order chi connectivity index (χ0) is 20.9. The summed E-state index contributed by atoms with van der Waals surface area (Å²) in [5, 5.41) is 5.18. The lowest BCUT2D eigenvalue weighted by atomic mass is 10.2. The van der Waals surface area contributed by atoms with E-state index in [2.05, 4.69) is 10.5 Å². The fraction of sp³-hybridized carbons (Fsp3) is 0. The number of nitrogens with one attached hydrogen (secondary N) is 1. The van der Waals surface area contributed by atoms with Crippen LogP contribution in [0.2, 0.25) is 5.02 Å². The van der Waals surface area contributed by atoms with Crippen molar-refractivity contribution in [3.8, 4) is 5.75 Å². The first kappa shape index (κ1) is 19.8. The number of halogens is 1. The number of ether oxygens (including phenoxy) is 1. The summed E-state index contributed by atoms with van der Waals surface area (Å²) >= 11 is 7.63. The number of thiophene rings is 1. The van der Waals surface area contributed by atoms with Crippen molar-refractivity contribution in [1.82, 2.24) is 5.43 Å². The maximum absolute atomic E-state index is 12.5. The number of hydrogen-bond acceptors (Lipinski definition) is 5. The van der Waals surface area contributed by atoms with Gasteiger partial charge in [0.25, 0.3) is 5.91 Å². The van der Waals surface area contributed by atoms with E-state index in [1.165, 1.54) is 17.6 Å². The van der Waals surface area contributed by atoms with E-state index in [1.54, 1.807) is 48.5 Å². The summed E-state index contributed by atoms with van der Waals surface area (Å²) in [4.78, 5) is 24.8. The topological polar surface area (TPSA) is 67.8 Å². The maximum atomic E-state index is 12.5. The molecule has 1 heterocycles. The van der Waals surface area contributed by atoms with Gasteiger partial charge < -0.3 is 4.74 Å². The van der Waals surface area contributed by atoms with Crippen LogP contribution in [0.5, 0.6) is 5.75 Å². The molecule has 148 valence electrons. The van der Waals surface area contributed by atoms with Crippen LogP contribution in [0.15, 0.2) is 84.0 Å². The Hall–Kier alpha value is -3.48. The molecule has 4 aromatic rings. The number of carbonyl (C=O) groups is 2. The molecule has 0 aliphatic rings. The molecular formula is C23H15ClN2O3S. The lowest BCUT2D eigenvalue weighted by Gasteiger charge is -2.03. The lowest BCUT2D eigenvalue weighted by molar-refractivity contribution is 0.0739. The average molecular weight is 435 g/mol. The van der Waals surface area contributed by atoms with E-state index >= 15 is 0 Å². The molecule has 1 aromatic heterocycles. The van der Waals surface area contributed by atoms with Crippen molar-refractivity contribution >= 4 is 51.1 Å². The summed E-state index contributed by atoms with van der Waals surface area (Å²) in [6.07, 6.45) is 1.51. The zero-order valence-corrected chi connectivity index (χ0v) is 17.1. The van der Waals surface area contributed by atoms with Gasteiger partial charge in [0.15, 0.2) is 0 Å².